The van der Waals surface area contributed by atoms with Crippen LogP contribution in [0, 0.1) is 6.92 Å². The van der Waals surface area contributed by atoms with Crippen LogP contribution in [0.2, 0.25) is 0 Å². The van der Waals surface area contributed by atoms with Crippen molar-refractivity contribution in [3.63, 3.8) is 0 Å². The van der Waals surface area contributed by atoms with Gasteiger partial charge in [0.1, 0.15) is 0 Å². The Hall–Kier alpha value is 1.12. The van der Waals surface area contributed by atoms with Crippen LogP contribution in [0.25, 0.3) is 0 Å². The van der Waals surface area contributed by atoms with Crippen molar-refractivity contribution in [3.8, 4) is 0 Å². The van der Waals surface area contributed by atoms with E-state index in [0.29, 0.717) is 15.7 Å². The molecular formula is C7H7KO3S2. The Morgan fingerprint density at radius 1 is 1.23 bits per heavy atom. The van der Waals surface area contributed by atoms with Gasteiger partial charge in [0.15, 0.2) is 9.15 Å². The molecule has 6 heteroatoms. The molecule has 0 aliphatic heterocycles. The van der Waals surface area contributed by atoms with Crippen LogP contribution in [-0.2, 0) is 9.15 Å². The third kappa shape index (κ3) is 6.24. The van der Waals surface area contributed by atoms with Crippen molar-refractivity contribution < 1.29 is 64.4 Å². The summed E-state index contributed by atoms with van der Waals surface area (Å²) in [5, 5.41) is 0. The van der Waals surface area contributed by atoms with E-state index in [2.05, 4.69) is 0 Å². The zero-order valence-electron chi connectivity index (χ0n) is 7.35. The Morgan fingerprint density at radius 2 is 1.69 bits per heavy atom. The Morgan fingerprint density at radius 3 is 2.08 bits per heavy atom. The van der Waals surface area contributed by atoms with Crippen LogP contribution in [-0.4, -0.2) is 13.0 Å². The van der Waals surface area contributed by atoms with Crippen molar-refractivity contribution in [1.29, 1.82) is 0 Å². The van der Waals surface area contributed by atoms with Gasteiger partial charge in [-0.1, -0.05) is 17.7 Å². The van der Waals surface area contributed by atoms with Crippen LogP contribution in [0.4, 0.5) is 0 Å². The molecule has 1 aromatic rings. The van der Waals surface area contributed by atoms with Crippen molar-refractivity contribution >= 4 is 19.9 Å². The van der Waals surface area contributed by atoms with Gasteiger partial charge in [0, 0.05) is 4.90 Å². The number of hydrogen-bond donors (Lipinski definition) is 0. The van der Waals surface area contributed by atoms with E-state index in [0.717, 1.165) is 5.56 Å². The topological polar surface area (TPSA) is 57.2 Å². The Balaban J connectivity index is 0.00000144. The summed E-state index contributed by atoms with van der Waals surface area (Å²) in [5.74, 6) is 0. The monoisotopic (exact) mass is 242 g/mol. The van der Waals surface area contributed by atoms with Gasteiger partial charge in [-0.15, -0.1) is 0 Å². The van der Waals surface area contributed by atoms with Crippen molar-refractivity contribution in [1.82, 2.24) is 0 Å². The quantitative estimate of drug-likeness (QED) is 0.362. The number of rotatable bonds is 2. The second-order valence-electron chi connectivity index (χ2n) is 2.30. The van der Waals surface area contributed by atoms with Crippen LogP contribution in [0.15, 0.2) is 29.2 Å². The summed E-state index contributed by atoms with van der Waals surface area (Å²) in [4.78, 5) is 0.454. The first-order valence-corrected chi connectivity index (χ1v) is 5.93. The summed E-state index contributed by atoms with van der Waals surface area (Å²) in [7, 11) is -3.90. The van der Waals surface area contributed by atoms with Gasteiger partial charge in [0.2, 0.25) is 0 Å². The molecule has 0 fully saturated rings. The first-order chi connectivity index (χ1) is 5.47. The van der Waals surface area contributed by atoms with Gasteiger partial charge < -0.3 is 4.55 Å². The first-order valence-electron chi connectivity index (χ1n) is 3.19. The minimum Gasteiger partial charge on any atom is -0.739 e. The molecule has 1 aromatic carbocycles. The molecule has 0 aromatic heterocycles. The normalized spacial score (nSPS) is 10.6. The van der Waals surface area contributed by atoms with E-state index in [1.165, 1.54) is 0 Å². The molecule has 0 aliphatic carbocycles. The van der Waals surface area contributed by atoms with Gasteiger partial charge in [-0.3, -0.25) is 0 Å². The number of hydrogen-bond acceptors (Lipinski definition) is 4. The van der Waals surface area contributed by atoms with Gasteiger partial charge in [0.25, 0.3) is 0 Å². The first kappa shape index (κ1) is 14.1. The Bertz CT molecular complexity index is 358. The summed E-state index contributed by atoms with van der Waals surface area (Å²) in [5.41, 5.74) is 1.03. The fraction of sp³-hybridized carbons (Fsp3) is 0.143. The molecule has 0 N–H and O–H groups in total. The average molecular weight is 242 g/mol. The largest absolute Gasteiger partial charge is 1.00 e. The minimum absolute atomic E-state index is 0. The smallest absolute Gasteiger partial charge is 0.739 e. The maximum atomic E-state index is 10.3. The van der Waals surface area contributed by atoms with E-state index in [1.807, 2.05) is 6.92 Å². The predicted molar refractivity (Wildman–Crippen MR) is 46.7 cm³/mol. The van der Waals surface area contributed by atoms with E-state index in [-0.39, 0.29) is 51.4 Å². The standard InChI is InChI=1S/C7H8O3S2.K/c1-6-2-4-7(5-3-6)11-12(8,9)10;/h2-5H,1H3,(H,8,9,10);/q;+1/p-1. The summed E-state index contributed by atoms with van der Waals surface area (Å²) < 4.78 is 30.9. The van der Waals surface area contributed by atoms with E-state index in [9.17, 15) is 13.0 Å². The minimum atomic E-state index is -4.22. The van der Waals surface area contributed by atoms with Crippen molar-refractivity contribution in [2.45, 2.75) is 11.8 Å². The molecule has 1 rings (SSSR count). The number of aryl methyl sites for hydroxylation is 1. The van der Waals surface area contributed by atoms with E-state index in [4.69, 9.17) is 0 Å². The zero-order valence-corrected chi connectivity index (χ0v) is 12.1. The van der Waals surface area contributed by atoms with Gasteiger partial charge in [-0.05, 0) is 29.9 Å². The Kier molecular flexibility index (Phi) is 6.37. The molecular weight excluding hydrogens is 235 g/mol. The van der Waals surface area contributed by atoms with Gasteiger partial charge in [-0.25, -0.2) is 8.42 Å². The molecule has 0 aliphatic rings. The van der Waals surface area contributed by atoms with E-state index < -0.39 is 9.15 Å². The van der Waals surface area contributed by atoms with Crippen LogP contribution in [0.5, 0.6) is 0 Å². The van der Waals surface area contributed by atoms with Crippen molar-refractivity contribution in [3.05, 3.63) is 29.8 Å². The molecule has 0 saturated carbocycles. The summed E-state index contributed by atoms with van der Waals surface area (Å²) in [6.07, 6.45) is 0. The Labute approximate surface area is 124 Å². The summed E-state index contributed by atoms with van der Waals surface area (Å²) >= 11 is 0. The van der Waals surface area contributed by atoms with Gasteiger partial charge >= 0.3 is 51.4 Å². The third-order valence-electron chi connectivity index (χ3n) is 1.22. The second-order valence-corrected chi connectivity index (χ2v) is 5.48. The van der Waals surface area contributed by atoms with Crippen molar-refractivity contribution in [2.75, 3.05) is 0 Å². The molecule has 66 valence electrons. The van der Waals surface area contributed by atoms with Crippen LogP contribution in [0.1, 0.15) is 5.56 Å². The predicted octanol–water partition coefficient (Wildman–Crippen LogP) is -1.45. The molecule has 13 heavy (non-hydrogen) atoms. The number of benzene rings is 1. The fourth-order valence-corrected chi connectivity index (χ4v) is 2.24. The zero-order chi connectivity index (χ0) is 9.19. The molecule has 0 atom stereocenters. The third-order valence-corrected chi connectivity index (χ3v) is 3.08. The average Bonchev–Trinajstić information content (AvgIpc) is 1.91. The fourth-order valence-electron chi connectivity index (χ4n) is 0.712. The summed E-state index contributed by atoms with van der Waals surface area (Å²) in [6, 6.07) is 6.73. The molecule has 0 spiro atoms. The molecule has 3 nitrogen and oxygen atoms in total. The van der Waals surface area contributed by atoms with Crippen LogP contribution in [0.3, 0.4) is 0 Å². The molecule has 0 saturated heterocycles. The second kappa shape index (κ2) is 5.87. The SMILES string of the molecule is Cc1ccc(SS(=O)(=O)[O-])cc1.[K+]. The maximum Gasteiger partial charge on any atom is 1.00 e. The molecule has 0 radical (unpaired) electrons. The van der Waals surface area contributed by atoms with Gasteiger partial charge in [-0.2, -0.15) is 0 Å². The van der Waals surface area contributed by atoms with Gasteiger partial charge in [0.05, 0.1) is 0 Å². The van der Waals surface area contributed by atoms with Crippen LogP contribution < -0.4 is 51.4 Å². The molecule has 0 amide bonds. The van der Waals surface area contributed by atoms with Crippen LogP contribution >= 0.6 is 10.8 Å². The summed E-state index contributed by atoms with van der Waals surface area (Å²) in [6.45, 7) is 1.89. The molecule has 0 unspecified atom stereocenters. The molecule has 0 bridgehead atoms. The van der Waals surface area contributed by atoms with E-state index in [1.54, 1.807) is 24.3 Å². The maximum absolute atomic E-state index is 10.3. The van der Waals surface area contributed by atoms with Crippen molar-refractivity contribution in [2.24, 2.45) is 0 Å². The molecule has 0 heterocycles. The van der Waals surface area contributed by atoms with E-state index >= 15 is 0 Å².